The summed E-state index contributed by atoms with van der Waals surface area (Å²) in [5, 5.41) is 9.44. The van der Waals surface area contributed by atoms with E-state index < -0.39 is 42.4 Å². The Bertz CT molecular complexity index is 917. The van der Waals surface area contributed by atoms with Crippen molar-refractivity contribution >= 4 is 29.6 Å². The number of esters is 3. The fourth-order valence-electron chi connectivity index (χ4n) is 2.90. The largest absolute Gasteiger partial charge is 0.463 e. The van der Waals surface area contributed by atoms with Crippen LogP contribution >= 0.6 is 0 Å². The minimum Gasteiger partial charge on any atom is -0.463 e. The van der Waals surface area contributed by atoms with Crippen molar-refractivity contribution in [1.82, 2.24) is 14.5 Å². The number of carbonyl (C=O) groups is 3. The lowest BCUT2D eigenvalue weighted by Crippen LogP contribution is -2.40. The highest BCUT2D eigenvalue weighted by Gasteiger charge is 2.51. The molecule has 12 heteroatoms. The molecule has 0 spiro atoms. The van der Waals surface area contributed by atoms with Gasteiger partial charge in [-0.25, -0.2) is 9.98 Å². The monoisotopic (exact) mass is 435 g/mol. The van der Waals surface area contributed by atoms with Gasteiger partial charge in [-0.2, -0.15) is 5.26 Å². The molecule has 2 heterocycles. The molecule has 1 aromatic heterocycles. The first-order valence-corrected chi connectivity index (χ1v) is 9.38. The Morgan fingerprint density at radius 2 is 1.77 bits per heavy atom. The molecule has 0 aromatic carbocycles. The summed E-state index contributed by atoms with van der Waals surface area (Å²) in [5.41, 5.74) is 0.0267. The molecule has 0 bridgehead atoms. The van der Waals surface area contributed by atoms with Crippen molar-refractivity contribution in [3.8, 4) is 6.07 Å². The highest BCUT2D eigenvalue weighted by atomic mass is 16.7. The van der Waals surface area contributed by atoms with E-state index in [2.05, 4.69) is 9.98 Å². The third kappa shape index (κ3) is 5.79. The maximum Gasteiger partial charge on any atom is 0.303 e. The maximum atomic E-state index is 11.8. The third-order valence-corrected chi connectivity index (χ3v) is 4.40. The highest BCUT2D eigenvalue weighted by Crippen LogP contribution is 2.37. The molecule has 31 heavy (non-hydrogen) atoms. The molecule has 12 nitrogen and oxygen atoms in total. The van der Waals surface area contributed by atoms with Gasteiger partial charge in [-0.05, 0) is 6.92 Å². The van der Waals surface area contributed by atoms with Crippen LogP contribution in [0.3, 0.4) is 0 Å². The summed E-state index contributed by atoms with van der Waals surface area (Å²) >= 11 is 0. The Balaban J connectivity index is 2.54. The lowest BCUT2D eigenvalue weighted by atomic mass is 10.1. The summed E-state index contributed by atoms with van der Waals surface area (Å²) < 4.78 is 23.2. The van der Waals surface area contributed by atoms with Gasteiger partial charge in [-0.15, -0.1) is 0 Å². The Labute approximate surface area is 179 Å². The number of ether oxygens (including phenoxy) is 4. The van der Waals surface area contributed by atoms with Crippen LogP contribution in [-0.2, 0) is 33.3 Å². The van der Waals surface area contributed by atoms with Crippen LogP contribution in [0.5, 0.6) is 0 Å². The van der Waals surface area contributed by atoms with Crippen LogP contribution in [0.15, 0.2) is 11.3 Å². The Kier molecular flexibility index (Phi) is 7.71. The zero-order valence-corrected chi connectivity index (χ0v) is 18.2. The number of hydrogen-bond donors (Lipinski definition) is 0. The molecule has 1 aliphatic rings. The zero-order valence-electron chi connectivity index (χ0n) is 18.2. The molecular formula is C19H25N5O7. The van der Waals surface area contributed by atoms with Crippen molar-refractivity contribution in [3.63, 3.8) is 0 Å². The smallest absolute Gasteiger partial charge is 0.303 e. The second-order valence-corrected chi connectivity index (χ2v) is 7.01. The summed E-state index contributed by atoms with van der Waals surface area (Å²) in [6.07, 6.45) is -2.82. The number of hydrogen-bond acceptors (Lipinski definition) is 10. The number of nitriles is 1. The van der Waals surface area contributed by atoms with Gasteiger partial charge in [0.25, 0.3) is 0 Å². The molecule has 1 aromatic rings. The van der Waals surface area contributed by atoms with E-state index in [0.717, 1.165) is 0 Å². The van der Waals surface area contributed by atoms with Crippen LogP contribution < -0.4 is 0 Å². The number of nitrogens with zero attached hydrogens (tertiary/aromatic N) is 5. The van der Waals surface area contributed by atoms with Crippen LogP contribution in [0.4, 0.5) is 5.82 Å². The minimum absolute atomic E-state index is 0.0267. The van der Waals surface area contributed by atoms with E-state index in [1.165, 1.54) is 31.7 Å². The quantitative estimate of drug-likeness (QED) is 0.271. The van der Waals surface area contributed by atoms with Gasteiger partial charge in [0.2, 0.25) is 0 Å². The minimum atomic E-state index is -1.10. The van der Waals surface area contributed by atoms with Crippen molar-refractivity contribution in [3.05, 3.63) is 12.0 Å². The molecule has 0 unspecified atom stereocenters. The molecule has 0 aliphatic carbocycles. The van der Waals surface area contributed by atoms with E-state index in [4.69, 9.17) is 18.9 Å². The standard InChI is InChI=1S/C19H25N5O7/c1-10(23(5)6)22-18-14(7-20)21-9-24(18)19-17(30-13(4)27)16(29-12(3)26)15(31-19)8-28-11(2)25/h9,15-17,19H,8H2,1-6H3/b22-10+/t15-,16-,17-,19-/m1/s1. The first-order valence-electron chi connectivity index (χ1n) is 9.38. The van der Waals surface area contributed by atoms with Gasteiger partial charge in [0, 0.05) is 34.9 Å². The Hall–Kier alpha value is -3.46. The molecule has 0 saturated carbocycles. The Morgan fingerprint density at radius 1 is 1.16 bits per heavy atom. The third-order valence-electron chi connectivity index (χ3n) is 4.40. The lowest BCUT2D eigenvalue weighted by Gasteiger charge is -2.24. The van der Waals surface area contributed by atoms with Gasteiger partial charge in [-0.3, -0.25) is 19.0 Å². The van der Waals surface area contributed by atoms with E-state index in [9.17, 15) is 19.6 Å². The predicted molar refractivity (Wildman–Crippen MR) is 105 cm³/mol. The second kappa shape index (κ2) is 10.0. The molecular weight excluding hydrogens is 410 g/mol. The normalized spacial score (nSPS) is 23.1. The summed E-state index contributed by atoms with van der Waals surface area (Å²) in [4.78, 5) is 45.0. The molecule has 4 atom stereocenters. The van der Waals surface area contributed by atoms with Gasteiger partial charge >= 0.3 is 17.9 Å². The molecule has 1 aliphatic heterocycles. The maximum absolute atomic E-state index is 11.8. The number of amidine groups is 1. The summed E-state index contributed by atoms with van der Waals surface area (Å²) in [5.74, 6) is -1.08. The number of aliphatic imine (C=N–C) groups is 1. The first-order chi connectivity index (χ1) is 14.5. The first kappa shape index (κ1) is 23.8. The molecule has 0 radical (unpaired) electrons. The molecule has 0 N–H and O–H groups in total. The molecule has 168 valence electrons. The Morgan fingerprint density at radius 3 is 2.29 bits per heavy atom. The summed E-state index contributed by atoms with van der Waals surface area (Å²) in [6.45, 7) is 5.12. The average Bonchev–Trinajstić information content (AvgIpc) is 3.20. The molecule has 2 rings (SSSR count). The van der Waals surface area contributed by atoms with Gasteiger partial charge < -0.3 is 23.8 Å². The van der Waals surface area contributed by atoms with E-state index in [0.29, 0.717) is 5.84 Å². The van der Waals surface area contributed by atoms with Crippen molar-refractivity contribution < 1.29 is 33.3 Å². The van der Waals surface area contributed by atoms with E-state index in [-0.39, 0.29) is 18.1 Å². The summed E-state index contributed by atoms with van der Waals surface area (Å²) in [7, 11) is 3.57. The second-order valence-electron chi connectivity index (χ2n) is 7.01. The lowest BCUT2D eigenvalue weighted by molar-refractivity contribution is -0.166. The van der Waals surface area contributed by atoms with Crippen LogP contribution in [0.2, 0.25) is 0 Å². The van der Waals surface area contributed by atoms with Gasteiger partial charge in [-0.1, -0.05) is 0 Å². The SMILES string of the molecule is CC(=O)OC[C@H]1O[C@@H](n2cnc(C#N)c2/N=C(\C)N(C)C)[C@H](OC(C)=O)[C@@H]1OC(C)=O. The van der Waals surface area contributed by atoms with E-state index in [1.54, 1.807) is 25.9 Å². The zero-order chi connectivity index (χ0) is 23.3. The number of imidazole rings is 1. The van der Waals surface area contributed by atoms with Gasteiger partial charge in [0.1, 0.15) is 30.9 Å². The average molecular weight is 435 g/mol. The molecule has 1 saturated heterocycles. The fourth-order valence-corrected chi connectivity index (χ4v) is 2.90. The fraction of sp³-hybridized carbons (Fsp3) is 0.579. The van der Waals surface area contributed by atoms with Crippen molar-refractivity contribution in [2.45, 2.75) is 52.2 Å². The van der Waals surface area contributed by atoms with Gasteiger partial charge in [0.15, 0.2) is 29.9 Å². The summed E-state index contributed by atoms with van der Waals surface area (Å²) in [6, 6.07) is 1.96. The number of rotatable bonds is 6. The molecule has 1 fully saturated rings. The highest BCUT2D eigenvalue weighted by molar-refractivity contribution is 5.82. The number of aromatic nitrogens is 2. The van der Waals surface area contributed by atoms with E-state index in [1.807, 2.05) is 6.07 Å². The van der Waals surface area contributed by atoms with E-state index >= 15 is 0 Å². The topological polar surface area (TPSA) is 145 Å². The van der Waals surface area contributed by atoms with Crippen LogP contribution in [0.25, 0.3) is 0 Å². The number of carbonyl (C=O) groups excluding carboxylic acids is 3. The van der Waals surface area contributed by atoms with Crippen molar-refractivity contribution in [2.24, 2.45) is 4.99 Å². The van der Waals surface area contributed by atoms with Crippen molar-refractivity contribution in [1.29, 1.82) is 5.26 Å². The van der Waals surface area contributed by atoms with Crippen LogP contribution in [0, 0.1) is 11.3 Å². The van der Waals surface area contributed by atoms with Crippen molar-refractivity contribution in [2.75, 3.05) is 20.7 Å². The van der Waals surface area contributed by atoms with Gasteiger partial charge in [0.05, 0.1) is 0 Å². The van der Waals surface area contributed by atoms with Crippen LogP contribution in [0.1, 0.15) is 39.6 Å². The predicted octanol–water partition coefficient (Wildman–Crippen LogP) is 0.690. The molecule has 0 amide bonds. The van der Waals surface area contributed by atoms with Crippen LogP contribution in [-0.4, -0.2) is 77.2 Å².